The first kappa shape index (κ1) is 21.5. The molecule has 0 spiro atoms. The minimum Gasteiger partial charge on any atom is -0.496 e. The number of rotatable bonds is 7. The van der Waals surface area contributed by atoms with Gasteiger partial charge in [-0.05, 0) is 36.4 Å². The Hall–Kier alpha value is -2.21. The normalized spacial score (nSPS) is 10.8. The van der Waals surface area contributed by atoms with Gasteiger partial charge in [0, 0.05) is 47.6 Å². The van der Waals surface area contributed by atoms with Crippen molar-refractivity contribution in [3.8, 4) is 17.1 Å². The number of aryl methyl sites for hydroxylation is 1. The molecule has 0 saturated heterocycles. The van der Waals surface area contributed by atoms with Crippen LogP contribution in [0.5, 0.6) is 5.75 Å². The summed E-state index contributed by atoms with van der Waals surface area (Å²) in [6.07, 6.45) is 2.23. The molecule has 1 aromatic heterocycles. The summed E-state index contributed by atoms with van der Waals surface area (Å²) < 4.78 is 11.1. The van der Waals surface area contributed by atoms with E-state index in [0.29, 0.717) is 51.0 Å². The van der Waals surface area contributed by atoms with Crippen LogP contribution in [0.15, 0.2) is 47.0 Å². The average molecular weight is 454 g/mol. The minimum atomic E-state index is -0.0451. The lowest BCUT2D eigenvalue weighted by Gasteiger charge is -2.19. The molecule has 0 aliphatic carbocycles. The summed E-state index contributed by atoms with van der Waals surface area (Å²) in [6.45, 7) is 0.389. The molecule has 1 heterocycles. The van der Waals surface area contributed by atoms with Crippen LogP contribution in [0.3, 0.4) is 0 Å². The molecule has 0 aliphatic rings. The van der Waals surface area contributed by atoms with E-state index in [0.717, 1.165) is 5.56 Å². The Bertz CT molecular complexity index is 1020. The second-order valence-electron chi connectivity index (χ2n) is 6.45. The van der Waals surface area contributed by atoms with Crippen LogP contribution in [0.2, 0.25) is 15.1 Å². The second-order valence-corrected chi connectivity index (χ2v) is 7.73. The molecule has 0 saturated carbocycles. The number of carbonyl (C=O) groups is 1. The van der Waals surface area contributed by atoms with Gasteiger partial charge in [-0.2, -0.15) is 0 Å². The van der Waals surface area contributed by atoms with E-state index < -0.39 is 0 Å². The van der Waals surface area contributed by atoms with Crippen molar-refractivity contribution in [2.24, 2.45) is 0 Å². The van der Waals surface area contributed by atoms with Crippen molar-refractivity contribution in [3.63, 3.8) is 0 Å². The van der Waals surface area contributed by atoms with E-state index in [1.54, 1.807) is 61.7 Å². The van der Waals surface area contributed by atoms with Crippen LogP contribution >= 0.6 is 34.8 Å². The van der Waals surface area contributed by atoms with Crippen LogP contribution in [-0.2, 0) is 17.8 Å². The standard InChI is InChI=1S/C21H19Cl3N2O3/c1-26(12-13-9-14(22)4-6-18(13)28-2)21(27)8-7-20-25-11-19(29-20)16-5-3-15(23)10-17(16)24/h3-6,9-11H,7-8,12H2,1-2H3. The number of aromatic nitrogens is 1. The quantitative estimate of drug-likeness (QED) is 0.447. The first-order valence-corrected chi connectivity index (χ1v) is 9.97. The average Bonchev–Trinajstić information content (AvgIpc) is 3.15. The number of hydrogen-bond acceptors (Lipinski definition) is 4. The Kier molecular flexibility index (Phi) is 7.06. The van der Waals surface area contributed by atoms with Crippen molar-refractivity contribution in [3.05, 3.63) is 69.1 Å². The van der Waals surface area contributed by atoms with Crippen LogP contribution in [0, 0.1) is 0 Å². The van der Waals surface area contributed by atoms with Gasteiger partial charge < -0.3 is 14.1 Å². The van der Waals surface area contributed by atoms with Crippen molar-refractivity contribution < 1.29 is 13.9 Å². The van der Waals surface area contributed by atoms with E-state index in [9.17, 15) is 4.79 Å². The Balaban J connectivity index is 1.61. The van der Waals surface area contributed by atoms with Gasteiger partial charge in [0.15, 0.2) is 11.7 Å². The van der Waals surface area contributed by atoms with Gasteiger partial charge in [-0.25, -0.2) is 4.98 Å². The third-order valence-corrected chi connectivity index (χ3v) is 5.16. The highest BCUT2D eigenvalue weighted by Crippen LogP contribution is 2.31. The van der Waals surface area contributed by atoms with Crippen LogP contribution in [0.1, 0.15) is 17.9 Å². The molecule has 0 aliphatic heterocycles. The molecule has 3 aromatic rings. The van der Waals surface area contributed by atoms with Gasteiger partial charge in [-0.3, -0.25) is 4.79 Å². The molecule has 8 heteroatoms. The Morgan fingerprint density at radius 2 is 1.86 bits per heavy atom. The van der Waals surface area contributed by atoms with Crippen molar-refractivity contribution in [2.75, 3.05) is 14.2 Å². The summed E-state index contributed by atoms with van der Waals surface area (Å²) in [5.41, 5.74) is 1.54. The molecule has 0 bridgehead atoms. The third kappa shape index (κ3) is 5.44. The molecular weight excluding hydrogens is 435 g/mol. The number of ether oxygens (including phenoxy) is 1. The number of methoxy groups -OCH3 is 1. The predicted molar refractivity (Wildman–Crippen MR) is 115 cm³/mol. The summed E-state index contributed by atoms with van der Waals surface area (Å²) >= 11 is 18.2. The summed E-state index contributed by atoms with van der Waals surface area (Å²) in [5.74, 6) is 1.64. The SMILES string of the molecule is COc1ccc(Cl)cc1CN(C)C(=O)CCc1ncc(-c2ccc(Cl)cc2Cl)o1. The van der Waals surface area contributed by atoms with E-state index in [2.05, 4.69) is 4.98 Å². The maximum atomic E-state index is 12.5. The molecule has 0 unspecified atom stereocenters. The number of nitrogens with zero attached hydrogens (tertiary/aromatic N) is 2. The lowest BCUT2D eigenvalue weighted by atomic mass is 10.2. The van der Waals surface area contributed by atoms with Gasteiger partial charge in [-0.15, -0.1) is 0 Å². The predicted octanol–water partition coefficient (Wildman–Crippen LogP) is 5.90. The molecule has 5 nitrogen and oxygen atoms in total. The topological polar surface area (TPSA) is 55.6 Å². The zero-order valence-corrected chi connectivity index (χ0v) is 18.2. The molecule has 3 rings (SSSR count). The third-order valence-electron chi connectivity index (χ3n) is 4.38. The lowest BCUT2D eigenvalue weighted by Crippen LogP contribution is -2.26. The van der Waals surface area contributed by atoms with E-state index in [4.69, 9.17) is 44.0 Å². The molecule has 29 heavy (non-hydrogen) atoms. The van der Waals surface area contributed by atoms with E-state index in [1.165, 1.54) is 0 Å². The first-order chi connectivity index (χ1) is 13.9. The maximum absolute atomic E-state index is 12.5. The molecule has 1 amide bonds. The van der Waals surface area contributed by atoms with Gasteiger partial charge in [0.05, 0.1) is 18.3 Å². The molecule has 152 valence electrons. The minimum absolute atomic E-state index is 0.0451. The monoisotopic (exact) mass is 452 g/mol. The van der Waals surface area contributed by atoms with E-state index in [-0.39, 0.29) is 12.3 Å². The van der Waals surface area contributed by atoms with E-state index in [1.807, 2.05) is 0 Å². The number of carbonyl (C=O) groups excluding carboxylic acids is 1. The Labute approximate surface area is 184 Å². The number of hydrogen-bond donors (Lipinski definition) is 0. The van der Waals surface area contributed by atoms with Gasteiger partial charge in [0.2, 0.25) is 5.91 Å². The van der Waals surface area contributed by atoms with Crippen LogP contribution in [-0.4, -0.2) is 29.9 Å². The van der Waals surface area contributed by atoms with E-state index >= 15 is 0 Å². The maximum Gasteiger partial charge on any atom is 0.223 e. The Morgan fingerprint density at radius 3 is 2.59 bits per heavy atom. The van der Waals surface area contributed by atoms with Gasteiger partial charge in [0.25, 0.3) is 0 Å². The second kappa shape index (κ2) is 9.53. The molecule has 0 atom stereocenters. The van der Waals surface area contributed by atoms with Crippen molar-refractivity contribution in [1.82, 2.24) is 9.88 Å². The van der Waals surface area contributed by atoms with Gasteiger partial charge in [-0.1, -0.05) is 34.8 Å². The highest BCUT2D eigenvalue weighted by molar-refractivity contribution is 6.36. The van der Waals surface area contributed by atoms with Gasteiger partial charge >= 0.3 is 0 Å². The number of halogens is 3. The molecule has 0 fully saturated rings. The highest BCUT2D eigenvalue weighted by atomic mass is 35.5. The molecule has 2 aromatic carbocycles. The van der Waals surface area contributed by atoms with Crippen molar-refractivity contribution >= 4 is 40.7 Å². The van der Waals surface area contributed by atoms with Crippen LogP contribution < -0.4 is 4.74 Å². The smallest absolute Gasteiger partial charge is 0.223 e. The number of oxazole rings is 1. The Morgan fingerprint density at radius 1 is 1.14 bits per heavy atom. The summed E-state index contributed by atoms with van der Waals surface area (Å²) in [4.78, 5) is 18.4. The van der Waals surface area contributed by atoms with Gasteiger partial charge in [0.1, 0.15) is 5.75 Å². The number of benzene rings is 2. The molecular formula is C21H19Cl3N2O3. The summed E-state index contributed by atoms with van der Waals surface area (Å²) in [6, 6.07) is 10.5. The number of amides is 1. The highest BCUT2D eigenvalue weighted by Gasteiger charge is 2.15. The largest absolute Gasteiger partial charge is 0.496 e. The van der Waals surface area contributed by atoms with Crippen molar-refractivity contribution in [1.29, 1.82) is 0 Å². The molecule has 0 radical (unpaired) electrons. The lowest BCUT2D eigenvalue weighted by molar-refractivity contribution is -0.130. The first-order valence-electron chi connectivity index (χ1n) is 8.84. The van der Waals surface area contributed by atoms with Crippen molar-refractivity contribution in [2.45, 2.75) is 19.4 Å². The zero-order chi connectivity index (χ0) is 21.0. The van der Waals surface area contributed by atoms with Crippen LogP contribution in [0.25, 0.3) is 11.3 Å². The summed E-state index contributed by atoms with van der Waals surface area (Å²) in [5, 5.41) is 1.62. The fourth-order valence-electron chi connectivity index (χ4n) is 2.86. The summed E-state index contributed by atoms with van der Waals surface area (Å²) in [7, 11) is 3.32. The fraction of sp³-hybridized carbons (Fsp3) is 0.238. The molecule has 0 N–H and O–H groups in total. The fourth-order valence-corrected chi connectivity index (χ4v) is 3.56. The zero-order valence-electron chi connectivity index (χ0n) is 15.9. The van der Waals surface area contributed by atoms with Crippen LogP contribution in [0.4, 0.5) is 0 Å².